The second-order valence-corrected chi connectivity index (χ2v) is 4.78. The van der Waals surface area contributed by atoms with Crippen LogP contribution in [0.25, 0.3) is 5.57 Å². The Balaban J connectivity index is 2.10. The minimum Gasteiger partial charge on any atom is -0.433 e. The largest absolute Gasteiger partial charge is 0.433 e. The molecule has 0 aliphatic heterocycles. The number of nitriles is 1. The first kappa shape index (κ1) is 11.9. The summed E-state index contributed by atoms with van der Waals surface area (Å²) in [6, 6.07) is 9.29. The first-order chi connectivity index (χ1) is 8.20. The molecule has 0 saturated heterocycles. The fourth-order valence-electron chi connectivity index (χ4n) is 1.32. The summed E-state index contributed by atoms with van der Waals surface area (Å²) in [7, 11) is 0. The summed E-state index contributed by atoms with van der Waals surface area (Å²) < 4.78 is 5.91. The fraction of sp³-hybridized carbons (Fsp3) is 0.231. The monoisotopic (exact) mass is 291 g/mol. The van der Waals surface area contributed by atoms with Gasteiger partial charge in [-0.15, -0.1) is 0 Å². The van der Waals surface area contributed by atoms with Crippen LogP contribution in [0.4, 0.5) is 0 Å². The smallest absolute Gasteiger partial charge is 0.313 e. The molecule has 0 radical (unpaired) electrons. The second kappa shape index (κ2) is 5.15. The molecule has 1 aliphatic rings. The van der Waals surface area contributed by atoms with Crippen molar-refractivity contribution in [2.24, 2.45) is 5.92 Å². The highest BCUT2D eigenvalue weighted by Gasteiger charge is 2.31. The quantitative estimate of drug-likeness (QED) is 0.488. The lowest BCUT2D eigenvalue weighted by atomic mass is 10.1. The SMILES string of the molecule is N#C/C(=C\OC(=O)C1CC1)c1ccc(Br)cc1. The average molecular weight is 292 g/mol. The molecule has 0 atom stereocenters. The van der Waals surface area contributed by atoms with Crippen LogP contribution in [0.3, 0.4) is 0 Å². The predicted molar refractivity (Wildman–Crippen MR) is 66.5 cm³/mol. The maximum absolute atomic E-state index is 11.3. The van der Waals surface area contributed by atoms with Crippen LogP contribution < -0.4 is 0 Å². The zero-order chi connectivity index (χ0) is 12.3. The van der Waals surface area contributed by atoms with E-state index >= 15 is 0 Å². The summed E-state index contributed by atoms with van der Waals surface area (Å²) in [4.78, 5) is 11.3. The number of rotatable bonds is 3. The van der Waals surface area contributed by atoms with Gasteiger partial charge in [-0.3, -0.25) is 4.79 Å². The van der Waals surface area contributed by atoms with Crippen molar-refractivity contribution >= 4 is 27.5 Å². The minimum absolute atomic E-state index is 0.0381. The Labute approximate surface area is 108 Å². The standard InChI is InChI=1S/C13H10BrNO2/c14-12-5-3-9(4-6-12)11(7-15)8-17-13(16)10-1-2-10/h3-6,8,10H,1-2H2/b11-8+. The summed E-state index contributed by atoms with van der Waals surface area (Å²) in [6.45, 7) is 0. The zero-order valence-corrected chi connectivity index (χ0v) is 10.6. The lowest BCUT2D eigenvalue weighted by molar-refractivity contribution is -0.139. The second-order valence-electron chi connectivity index (χ2n) is 3.86. The Morgan fingerprint density at radius 3 is 2.59 bits per heavy atom. The van der Waals surface area contributed by atoms with Gasteiger partial charge in [0.25, 0.3) is 0 Å². The normalized spacial score (nSPS) is 15.2. The van der Waals surface area contributed by atoms with Crippen LogP contribution in [0, 0.1) is 17.2 Å². The van der Waals surface area contributed by atoms with Gasteiger partial charge >= 0.3 is 5.97 Å². The maximum atomic E-state index is 11.3. The number of carbonyl (C=O) groups is 1. The average Bonchev–Trinajstić information content (AvgIpc) is 3.16. The van der Waals surface area contributed by atoms with Gasteiger partial charge in [0.1, 0.15) is 12.3 Å². The third-order valence-corrected chi connectivity index (χ3v) is 3.01. The van der Waals surface area contributed by atoms with E-state index in [2.05, 4.69) is 15.9 Å². The van der Waals surface area contributed by atoms with Crippen LogP contribution in [0.2, 0.25) is 0 Å². The molecule has 1 fully saturated rings. The number of carbonyl (C=O) groups excluding carboxylic acids is 1. The van der Waals surface area contributed by atoms with Gasteiger partial charge in [0, 0.05) is 4.47 Å². The van der Waals surface area contributed by atoms with Crippen molar-refractivity contribution in [3.8, 4) is 6.07 Å². The Morgan fingerprint density at radius 1 is 1.41 bits per heavy atom. The van der Waals surface area contributed by atoms with Gasteiger partial charge in [-0.05, 0) is 30.5 Å². The van der Waals surface area contributed by atoms with E-state index in [0.29, 0.717) is 5.57 Å². The van der Waals surface area contributed by atoms with Crippen molar-refractivity contribution in [1.82, 2.24) is 0 Å². The highest BCUT2D eigenvalue weighted by Crippen LogP contribution is 2.30. The molecule has 0 bridgehead atoms. The van der Waals surface area contributed by atoms with Gasteiger partial charge in [0.05, 0.1) is 11.5 Å². The first-order valence-corrected chi connectivity index (χ1v) is 6.06. The lowest BCUT2D eigenvalue weighted by Crippen LogP contribution is -2.01. The van der Waals surface area contributed by atoms with Crippen molar-refractivity contribution in [3.63, 3.8) is 0 Å². The molecular weight excluding hydrogens is 282 g/mol. The van der Waals surface area contributed by atoms with Gasteiger partial charge < -0.3 is 4.74 Å². The third-order valence-electron chi connectivity index (χ3n) is 2.48. The fourth-order valence-corrected chi connectivity index (χ4v) is 1.58. The molecule has 0 amide bonds. The van der Waals surface area contributed by atoms with Gasteiger partial charge in [0.15, 0.2) is 0 Å². The number of hydrogen-bond acceptors (Lipinski definition) is 3. The molecule has 1 aromatic rings. The number of benzene rings is 1. The molecule has 0 unspecified atom stereocenters. The van der Waals surface area contributed by atoms with Crippen LogP contribution in [0.15, 0.2) is 35.0 Å². The van der Waals surface area contributed by atoms with E-state index in [1.807, 2.05) is 18.2 Å². The molecule has 0 heterocycles. The third kappa shape index (κ3) is 3.18. The Kier molecular flexibility index (Phi) is 3.60. The highest BCUT2D eigenvalue weighted by molar-refractivity contribution is 9.10. The molecule has 1 saturated carbocycles. The summed E-state index contributed by atoms with van der Waals surface area (Å²) >= 11 is 3.32. The predicted octanol–water partition coefficient (Wildman–Crippen LogP) is 3.27. The number of ether oxygens (including phenoxy) is 1. The Morgan fingerprint density at radius 2 is 2.06 bits per heavy atom. The zero-order valence-electron chi connectivity index (χ0n) is 9.02. The van der Waals surface area contributed by atoms with Gasteiger partial charge in [0.2, 0.25) is 0 Å². The van der Waals surface area contributed by atoms with Gasteiger partial charge in [-0.25, -0.2) is 0 Å². The number of esters is 1. The molecule has 4 heteroatoms. The number of nitrogens with zero attached hydrogens (tertiary/aromatic N) is 1. The summed E-state index contributed by atoms with van der Waals surface area (Å²) in [5.41, 5.74) is 1.09. The summed E-state index contributed by atoms with van der Waals surface area (Å²) in [5.74, 6) is -0.203. The molecule has 3 nitrogen and oxygen atoms in total. The van der Waals surface area contributed by atoms with E-state index < -0.39 is 0 Å². The van der Waals surface area contributed by atoms with Crippen LogP contribution in [0.5, 0.6) is 0 Å². The van der Waals surface area contributed by atoms with Crippen LogP contribution in [-0.2, 0) is 9.53 Å². The van der Waals surface area contributed by atoms with Crippen molar-refractivity contribution in [1.29, 1.82) is 5.26 Å². The molecular formula is C13H10BrNO2. The lowest BCUT2D eigenvalue weighted by Gasteiger charge is -2.00. The number of halogens is 1. The van der Waals surface area contributed by atoms with Crippen molar-refractivity contribution < 1.29 is 9.53 Å². The van der Waals surface area contributed by atoms with Gasteiger partial charge in [-0.1, -0.05) is 28.1 Å². The van der Waals surface area contributed by atoms with E-state index in [-0.39, 0.29) is 11.9 Å². The summed E-state index contributed by atoms with van der Waals surface area (Å²) in [6.07, 6.45) is 3.03. The Hall–Kier alpha value is -1.60. The van der Waals surface area contributed by atoms with Crippen molar-refractivity contribution in [3.05, 3.63) is 40.6 Å². The minimum atomic E-state index is -0.241. The van der Waals surface area contributed by atoms with E-state index in [9.17, 15) is 4.79 Å². The van der Waals surface area contributed by atoms with Crippen molar-refractivity contribution in [2.75, 3.05) is 0 Å². The van der Waals surface area contributed by atoms with E-state index in [0.717, 1.165) is 22.9 Å². The molecule has 0 aromatic heterocycles. The molecule has 86 valence electrons. The van der Waals surface area contributed by atoms with Crippen LogP contribution in [0.1, 0.15) is 18.4 Å². The van der Waals surface area contributed by atoms with Crippen LogP contribution >= 0.6 is 15.9 Å². The first-order valence-electron chi connectivity index (χ1n) is 5.27. The number of allylic oxidation sites excluding steroid dienone is 1. The topological polar surface area (TPSA) is 50.1 Å². The van der Waals surface area contributed by atoms with Crippen LogP contribution in [-0.4, -0.2) is 5.97 Å². The van der Waals surface area contributed by atoms with E-state index in [1.54, 1.807) is 12.1 Å². The number of hydrogen-bond donors (Lipinski definition) is 0. The summed E-state index contributed by atoms with van der Waals surface area (Å²) in [5, 5.41) is 8.99. The highest BCUT2D eigenvalue weighted by atomic mass is 79.9. The molecule has 2 rings (SSSR count). The molecule has 17 heavy (non-hydrogen) atoms. The molecule has 1 aliphatic carbocycles. The molecule has 0 spiro atoms. The van der Waals surface area contributed by atoms with E-state index in [1.165, 1.54) is 6.26 Å². The molecule has 1 aromatic carbocycles. The van der Waals surface area contributed by atoms with E-state index in [4.69, 9.17) is 10.00 Å². The van der Waals surface area contributed by atoms with Crippen molar-refractivity contribution in [2.45, 2.75) is 12.8 Å². The maximum Gasteiger partial charge on any atom is 0.313 e. The Bertz CT molecular complexity index is 495. The van der Waals surface area contributed by atoms with Gasteiger partial charge in [-0.2, -0.15) is 5.26 Å². The molecule has 0 N–H and O–H groups in total.